The van der Waals surface area contributed by atoms with E-state index in [2.05, 4.69) is 10.2 Å². The molecule has 0 aliphatic rings. The molecule has 8 heavy (non-hydrogen) atoms. The maximum Gasteiger partial charge on any atom is 0.145 e. The van der Waals surface area contributed by atoms with Crippen LogP contribution >= 0.6 is 0 Å². The van der Waals surface area contributed by atoms with Gasteiger partial charge in [0.25, 0.3) is 0 Å². The van der Waals surface area contributed by atoms with Crippen LogP contribution in [0.1, 0.15) is 0 Å². The molecular formula is C4H4BN3. The summed E-state index contributed by atoms with van der Waals surface area (Å²) in [4.78, 5) is 0. The maximum absolute atomic E-state index is 5.20. The highest BCUT2D eigenvalue weighted by atomic mass is 15.1. The van der Waals surface area contributed by atoms with E-state index < -0.39 is 0 Å². The molecule has 0 saturated heterocycles. The van der Waals surface area contributed by atoms with Gasteiger partial charge in [-0.15, -0.1) is 5.10 Å². The Labute approximate surface area is 48.3 Å². The molecule has 0 unspecified atom stereocenters. The van der Waals surface area contributed by atoms with Crippen LogP contribution in [-0.2, 0) is 0 Å². The van der Waals surface area contributed by atoms with Crippen LogP contribution in [0.2, 0.25) is 0 Å². The van der Waals surface area contributed by atoms with Crippen molar-refractivity contribution in [2.24, 2.45) is 0 Å². The number of anilines is 1. The third-order valence-electron chi connectivity index (χ3n) is 0.706. The largest absolute Gasteiger partial charge is 0.382 e. The van der Waals surface area contributed by atoms with Crippen LogP contribution in [0.5, 0.6) is 0 Å². The third kappa shape index (κ3) is 0.962. The SMILES string of the molecule is [B]c1ccc(N)nn1. The van der Waals surface area contributed by atoms with Crippen molar-refractivity contribution >= 4 is 19.3 Å². The monoisotopic (exact) mass is 105 g/mol. The molecule has 2 radical (unpaired) electrons. The Kier molecular flexibility index (Phi) is 1.16. The zero-order valence-corrected chi connectivity index (χ0v) is 4.20. The summed E-state index contributed by atoms with van der Waals surface area (Å²) in [5.41, 5.74) is 5.59. The molecule has 1 aromatic rings. The fraction of sp³-hybridized carbons (Fsp3) is 0. The molecule has 0 aliphatic heterocycles. The van der Waals surface area contributed by atoms with Gasteiger partial charge < -0.3 is 5.73 Å². The standard InChI is InChI=1S/C4H4BN3/c5-3-1-2-4(6)8-7-3/h1-2H,(H2,6,8). The van der Waals surface area contributed by atoms with E-state index >= 15 is 0 Å². The minimum atomic E-state index is 0.388. The fourth-order valence-electron chi connectivity index (χ4n) is 0.353. The van der Waals surface area contributed by atoms with Crippen molar-refractivity contribution in [2.45, 2.75) is 0 Å². The number of nitrogens with two attached hydrogens (primary N) is 1. The number of hydrogen-bond donors (Lipinski definition) is 1. The van der Waals surface area contributed by atoms with E-state index in [1.165, 1.54) is 0 Å². The summed E-state index contributed by atoms with van der Waals surface area (Å²) in [6.45, 7) is 0. The highest BCUT2D eigenvalue weighted by Crippen LogP contribution is 1.84. The van der Waals surface area contributed by atoms with Crippen LogP contribution in [0.15, 0.2) is 12.1 Å². The molecule has 1 rings (SSSR count). The molecule has 0 fully saturated rings. The zero-order chi connectivity index (χ0) is 5.98. The van der Waals surface area contributed by atoms with Crippen molar-refractivity contribution in [2.75, 3.05) is 5.73 Å². The van der Waals surface area contributed by atoms with Crippen molar-refractivity contribution in [3.63, 3.8) is 0 Å². The summed E-state index contributed by atoms with van der Waals surface area (Å²) < 4.78 is 0. The Morgan fingerprint density at radius 1 is 1.38 bits per heavy atom. The molecule has 38 valence electrons. The minimum absolute atomic E-state index is 0.388. The Bertz CT molecular complexity index is 150. The van der Waals surface area contributed by atoms with E-state index in [1.54, 1.807) is 12.1 Å². The van der Waals surface area contributed by atoms with E-state index in [9.17, 15) is 0 Å². The molecule has 2 N–H and O–H groups in total. The topological polar surface area (TPSA) is 51.8 Å². The van der Waals surface area contributed by atoms with E-state index in [4.69, 9.17) is 13.6 Å². The van der Waals surface area contributed by atoms with E-state index in [1.807, 2.05) is 0 Å². The molecule has 1 heterocycles. The highest BCUT2D eigenvalue weighted by molar-refractivity contribution is 6.30. The van der Waals surface area contributed by atoms with Gasteiger partial charge in [0, 0.05) is 5.59 Å². The van der Waals surface area contributed by atoms with Crippen molar-refractivity contribution < 1.29 is 0 Å². The van der Waals surface area contributed by atoms with Gasteiger partial charge >= 0.3 is 0 Å². The van der Waals surface area contributed by atoms with Crippen molar-refractivity contribution in [3.05, 3.63) is 12.1 Å². The highest BCUT2D eigenvalue weighted by Gasteiger charge is 1.83. The summed E-state index contributed by atoms with van der Waals surface area (Å²) in [5.74, 6) is 0.388. The summed E-state index contributed by atoms with van der Waals surface area (Å²) in [7, 11) is 5.20. The van der Waals surface area contributed by atoms with Gasteiger partial charge in [-0.3, -0.25) is 0 Å². The van der Waals surface area contributed by atoms with Crippen LogP contribution in [0.4, 0.5) is 5.82 Å². The molecule has 0 aromatic carbocycles. The predicted molar refractivity (Wildman–Crippen MR) is 31.8 cm³/mol. The molecule has 3 nitrogen and oxygen atoms in total. The lowest BCUT2D eigenvalue weighted by Gasteiger charge is -1.88. The Hall–Kier alpha value is -1.06. The number of rotatable bonds is 0. The quantitative estimate of drug-likeness (QED) is 0.424. The molecule has 0 spiro atoms. The van der Waals surface area contributed by atoms with E-state index in [-0.39, 0.29) is 0 Å². The lowest BCUT2D eigenvalue weighted by atomic mass is 10.1. The van der Waals surface area contributed by atoms with Gasteiger partial charge in [0.2, 0.25) is 0 Å². The van der Waals surface area contributed by atoms with Gasteiger partial charge in [-0.25, -0.2) is 0 Å². The van der Waals surface area contributed by atoms with Gasteiger partial charge in [0.05, 0.1) is 0 Å². The van der Waals surface area contributed by atoms with Gasteiger partial charge in [0.15, 0.2) is 0 Å². The fourth-order valence-corrected chi connectivity index (χ4v) is 0.353. The number of hydrogen-bond acceptors (Lipinski definition) is 3. The Balaban J connectivity index is 3.03. The van der Waals surface area contributed by atoms with Gasteiger partial charge in [-0.05, 0) is 12.1 Å². The molecular weight excluding hydrogens is 101 g/mol. The summed E-state index contributed by atoms with van der Waals surface area (Å²) in [5, 5.41) is 6.96. The average molecular weight is 105 g/mol. The first kappa shape index (κ1) is 5.09. The molecule has 0 bridgehead atoms. The molecule has 0 aliphatic carbocycles. The summed E-state index contributed by atoms with van der Waals surface area (Å²) in [6, 6.07) is 3.20. The number of nitrogens with zero attached hydrogens (tertiary/aromatic N) is 2. The van der Waals surface area contributed by atoms with Gasteiger partial charge in [-0.2, -0.15) is 5.10 Å². The smallest absolute Gasteiger partial charge is 0.145 e. The van der Waals surface area contributed by atoms with Crippen LogP contribution in [0, 0.1) is 0 Å². The Morgan fingerprint density at radius 3 is 2.50 bits per heavy atom. The maximum atomic E-state index is 5.20. The second kappa shape index (κ2) is 1.82. The zero-order valence-electron chi connectivity index (χ0n) is 4.20. The first-order valence-electron chi connectivity index (χ1n) is 2.14. The van der Waals surface area contributed by atoms with Crippen LogP contribution in [0.25, 0.3) is 0 Å². The normalized spacial score (nSPS) is 9.00. The number of nitrogen functional groups attached to an aromatic ring is 1. The third-order valence-corrected chi connectivity index (χ3v) is 0.706. The van der Waals surface area contributed by atoms with Crippen molar-refractivity contribution in [3.8, 4) is 0 Å². The predicted octanol–water partition coefficient (Wildman–Crippen LogP) is -1.15. The van der Waals surface area contributed by atoms with Crippen molar-refractivity contribution in [1.29, 1.82) is 0 Å². The second-order valence-corrected chi connectivity index (χ2v) is 1.38. The van der Waals surface area contributed by atoms with Gasteiger partial charge in [0.1, 0.15) is 13.7 Å². The van der Waals surface area contributed by atoms with Crippen molar-refractivity contribution in [1.82, 2.24) is 10.2 Å². The first-order chi connectivity index (χ1) is 3.79. The number of aromatic nitrogens is 2. The second-order valence-electron chi connectivity index (χ2n) is 1.38. The lowest BCUT2D eigenvalue weighted by Crippen LogP contribution is -2.09. The van der Waals surface area contributed by atoms with E-state index in [0.29, 0.717) is 11.4 Å². The van der Waals surface area contributed by atoms with Crippen LogP contribution in [0.3, 0.4) is 0 Å². The van der Waals surface area contributed by atoms with Gasteiger partial charge in [-0.1, -0.05) is 0 Å². The molecule has 1 aromatic heterocycles. The first-order valence-corrected chi connectivity index (χ1v) is 2.14. The molecule has 4 heteroatoms. The van der Waals surface area contributed by atoms with Crippen LogP contribution < -0.4 is 11.3 Å². The lowest BCUT2D eigenvalue weighted by molar-refractivity contribution is 1.07. The molecule has 0 saturated carbocycles. The molecule has 0 atom stereocenters. The summed E-state index contributed by atoms with van der Waals surface area (Å²) >= 11 is 0. The molecule has 0 amide bonds. The van der Waals surface area contributed by atoms with Crippen LogP contribution in [-0.4, -0.2) is 18.0 Å². The minimum Gasteiger partial charge on any atom is -0.382 e. The Morgan fingerprint density at radius 2 is 2.12 bits per heavy atom. The average Bonchev–Trinajstić information content (AvgIpc) is 1.77. The summed E-state index contributed by atoms with van der Waals surface area (Å²) in [6.07, 6.45) is 0. The van der Waals surface area contributed by atoms with E-state index in [0.717, 1.165) is 0 Å².